The topological polar surface area (TPSA) is 62.2 Å². The molecule has 0 atom stereocenters. The summed E-state index contributed by atoms with van der Waals surface area (Å²) in [7, 11) is 0. The molecule has 1 aromatic rings. The van der Waals surface area contributed by atoms with Crippen LogP contribution in [-0.2, 0) is 11.3 Å². The van der Waals surface area contributed by atoms with E-state index in [4.69, 9.17) is 5.11 Å². The number of aromatic nitrogens is 1. The molecule has 0 aliphatic carbocycles. The van der Waals surface area contributed by atoms with Crippen molar-refractivity contribution in [2.45, 2.75) is 39.2 Å². The first-order valence-corrected chi connectivity index (χ1v) is 6.34. The summed E-state index contributed by atoms with van der Waals surface area (Å²) in [5.74, 6) is -0.701. The molecule has 0 aromatic carbocycles. The second-order valence-corrected chi connectivity index (χ2v) is 5.05. The molecular formula is C11H18N2O2S. The molecule has 0 bridgehead atoms. The molecular weight excluding hydrogens is 224 g/mol. The summed E-state index contributed by atoms with van der Waals surface area (Å²) in [6.45, 7) is 3.81. The van der Waals surface area contributed by atoms with Crippen molar-refractivity contribution in [3.05, 3.63) is 16.1 Å². The maximum Gasteiger partial charge on any atom is 0.303 e. The number of hydrogen-bond acceptors (Lipinski definition) is 4. The van der Waals surface area contributed by atoms with Crippen molar-refractivity contribution in [1.82, 2.24) is 10.3 Å². The van der Waals surface area contributed by atoms with Gasteiger partial charge >= 0.3 is 5.97 Å². The number of carbonyl (C=O) groups is 1. The lowest BCUT2D eigenvalue weighted by molar-refractivity contribution is -0.137. The first kappa shape index (κ1) is 13.1. The van der Waals surface area contributed by atoms with Crippen molar-refractivity contribution in [2.24, 2.45) is 0 Å². The van der Waals surface area contributed by atoms with Crippen LogP contribution in [-0.4, -0.2) is 22.6 Å². The monoisotopic (exact) mass is 242 g/mol. The number of unbranched alkanes of at least 4 members (excludes halogenated alkanes) is 2. The minimum Gasteiger partial charge on any atom is -0.481 e. The van der Waals surface area contributed by atoms with Gasteiger partial charge in [-0.05, 0) is 26.3 Å². The summed E-state index contributed by atoms with van der Waals surface area (Å²) < 4.78 is 0. The van der Waals surface area contributed by atoms with E-state index in [1.165, 1.54) is 4.88 Å². The number of nitrogens with zero attached hydrogens (tertiary/aromatic N) is 1. The van der Waals surface area contributed by atoms with E-state index in [0.717, 1.165) is 37.4 Å². The van der Waals surface area contributed by atoms with Crippen LogP contribution in [0.15, 0.2) is 6.20 Å². The molecule has 0 saturated carbocycles. The normalized spacial score (nSPS) is 10.6. The first-order valence-electron chi connectivity index (χ1n) is 5.52. The highest BCUT2D eigenvalue weighted by Gasteiger charge is 1.98. The van der Waals surface area contributed by atoms with Crippen LogP contribution in [0.4, 0.5) is 0 Å². The Morgan fingerprint density at radius 3 is 2.94 bits per heavy atom. The molecule has 0 unspecified atom stereocenters. The van der Waals surface area contributed by atoms with E-state index in [2.05, 4.69) is 10.3 Å². The van der Waals surface area contributed by atoms with Crippen LogP contribution in [0.5, 0.6) is 0 Å². The van der Waals surface area contributed by atoms with Gasteiger partial charge in [-0.25, -0.2) is 4.98 Å². The van der Waals surface area contributed by atoms with E-state index in [-0.39, 0.29) is 6.42 Å². The van der Waals surface area contributed by atoms with Crippen molar-refractivity contribution in [1.29, 1.82) is 0 Å². The largest absolute Gasteiger partial charge is 0.481 e. The molecule has 0 fully saturated rings. The van der Waals surface area contributed by atoms with Crippen molar-refractivity contribution >= 4 is 17.3 Å². The summed E-state index contributed by atoms with van der Waals surface area (Å²) in [6.07, 6.45) is 4.97. The van der Waals surface area contributed by atoms with Crippen LogP contribution in [0.25, 0.3) is 0 Å². The van der Waals surface area contributed by atoms with Crippen molar-refractivity contribution in [2.75, 3.05) is 6.54 Å². The molecule has 1 heterocycles. The van der Waals surface area contributed by atoms with Gasteiger partial charge < -0.3 is 10.4 Å². The van der Waals surface area contributed by atoms with E-state index < -0.39 is 5.97 Å². The Labute approximate surface area is 99.7 Å². The summed E-state index contributed by atoms with van der Waals surface area (Å²) in [6, 6.07) is 0. The smallest absolute Gasteiger partial charge is 0.303 e. The molecule has 1 aromatic heterocycles. The average molecular weight is 242 g/mol. The predicted molar refractivity (Wildman–Crippen MR) is 64.7 cm³/mol. The summed E-state index contributed by atoms with van der Waals surface area (Å²) >= 11 is 1.71. The van der Waals surface area contributed by atoms with E-state index in [1.807, 2.05) is 13.1 Å². The van der Waals surface area contributed by atoms with Gasteiger partial charge in [0.1, 0.15) is 0 Å². The van der Waals surface area contributed by atoms with Crippen LogP contribution < -0.4 is 5.32 Å². The lowest BCUT2D eigenvalue weighted by Crippen LogP contribution is -2.13. The molecule has 0 spiro atoms. The van der Waals surface area contributed by atoms with Gasteiger partial charge in [0, 0.05) is 24.0 Å². The molecule has 5 heteroatoms. The quantitative estimate of drug-likeness (QED) is 0.686. The number of nitrogens with one attached hydrogen (secondary N) is 1. The summed E-state index contributed by atoms with van der Waals surface area (Å²) in [5, 5.41) is 12.9. The van der Waals surface area contributed by atoms with E-state index in [0.29, 0.717) is 0 Å². The fourth-order valence-electron chi connectivity index (χ4n) is 1.40. The van der Waals surface area contributed by atoms with E-state index >= 15 is 0 Å². The van der Waals surface area contributed by atoms with Gasteiger partial charge in [0.15, 0.2) is 0 Å². The lowest BCUT2D eigenvalue weighted by Gasteiger charge is -2.01. The standard InChI is InChI=1S/C11H18N2O2S/c1-9-13-8-10(16-9)7-12-6-4-2-3-5-11(14)15/h8,12H,2-7H2,1H3,(H,14,15). The lowest BCUT2D eigenvalue weighted by atomic mass is 10.2. The molecule has 0 saturated heterocycles. The SMILES string of the molecule is Cc1ncc(CNCCCCCC(=O)O)s1. The molecule has 2 N–H and O–H groups in total. The predicted octanol–water partition coefficient (Wildman–Crippen LogP) is 2.19. The van der Waals surface area contributed by atoms with Crippen molar-refractivity contribution in [3.63, 3.8) is 0 Å². The number of thiazole rings is 1. The van der Waals surface area contributed by atoms with Gasteiger partial charge in [0.05, 0.1) is 5.01 Å². The second kappa shape index (κ2) is 7.35. The Balaban J connectivity index is 1.94. The van der Waals surface area contributed by atoms with Gasteiger partial charge in [-0.3, -0.25) is 4.79 Å². The zero-order valence-corrected chi connectivity index (χ0v) is 10.3. The molecule has 0 radical (unpaired) electrons. The number of hydrogen-bond donors (Lipinski definition) is 2. The Kier molecular flexibility index (Phi) is 6.03. The van der Waals surface area contributed by atoms with Crippen LogP contribution >= 0.6 is 11.3 Å². The van der Waals surface area contributed by atoms with Crippen LogP contribution in [0.2, 0.25) is 0 Å². The third-order valence-corrected chi connectivity index (χ3v) is 3.13. The van der Waals surface area contributed by atoms with E-state index in [1.54, 1.807) is 11.3 Å². The Hall–Kier alpha value is -0.940. The molecule has 16 heavy (non-hydrogen) atoms. The van der Waals surface area contributed by atoms with Gasteiger partial charge in [0.2, 0.25) is 0 Å². The highest BCUT2D eigenvalue weighted by atomic mass is 32.1. The zero-order chi connectivity index (χ0) is 11.8. The Morgan fingerprint density at radius 1 is 1.50 bits per heavy atom. The molecule has 4 nitrogen and oxygen atoms in total. The van der Waals surface area contributed by atoms with Gasteiger partial charge in [-0.15, -0.1) is 11.3 Å². The third kappa shape index (κ3) is 5.82. The number of carboxylic acids is 1. The molecule has 0 aliphatic heterocycles. The molecule has 0 amide bonds. The third-order valence-electron chi connectivity index (χ3n) is 2.21. The highest BCUT2D eigenvalue weighted by molar-refractivity contribution is 7.11. The molecule has 0 aliphatic rings. The van der Waals surface area contributed by atoms with Crippen LogP contribution in [0.3, 0.4) is 0 Å². The highest BCUT2D eigenvalue weighted by Crippen LogP contribution is 2.10. The van der Waals surface area contributed by atoms with Crippen LogP contribution in [0, 0.1) is 6.92 Å². The van der Waals surface area contributed by atoms with Gasteiger partial charge in [-0.2, -0.15) is 0 Å². The Bertz CT molecular complexity index is 326. The minimum atomic E-state index is -0.701. The van der Waals surface area contributed by atoms with Crippen molar-refractivity contribution < 1.29 is 9.90 Å². The molecule has 90 valence electrons. The summed E-state index contributed by atoms with van der Waals surface area (Å²) in [4.78, 5) is 15.7. The summed E-state index contributed by atoms with van der Waals surface area (Å²) in [5.41, 5.74) is 0. The average Bonchev–Trinajstić information content (AvgIpc) is 2.62. The Morgan fingerprint density at radius 2 is 2.31 bits per heavy atom. The van der Waals surface area contributed by atoms with Gasteiger partial charge in [-0.1, -0.05) is 6.42 Å². The first-order chi connectivity index (χ1) is 7.68. The number of rotatable bonds is 8. The number of aryl methyl sites for hydroxylation is 1. The number of aliphatic carboxylic acids is 1. The van der Waals surface area contributed by atoms with E-state index in [9.17, 15) is 4.79 Å². The van der Waals surface area contributed by atoms with Crippen molar-refractivity contribution in [3.8, 4) is 0 Å². The maximum absolute atomic E-state index is 10.3. The second-order valence-electron chi connectivity index (χ2n) is 3.73. The van der Waals surface area contributed by atoms with Crippen LogP contribution in [0.1, 0.15) is 35.6 Å². The fraction of sp³-hybridized carbons (Fsp3) is 0.636. The van der Waals surface area contributed by atoms with Gasteiger partial charge in [0.25, 0.3) is 0 Å². The maximum atomic E-state index is 10.3. The number of carboxylic acid groups (broad SMARTS) is 1. The fourth-order valence-corrected chi connectivity index (χ4v) is 2.17. The minimum absolute atomic E-state index is 0.286. The molecule has 1 rings (SSSR count). The zero-order valence-electron chi connectivity index (χ0n) is 9.53.